The fourth-order valence-electron chi connectivity index (χ4n) is 3.35. The number of sulfonamides is 1. The topological polar surface area (TPSA) is 79.0 Å². The lowest BCUT2D eigenvalue weighted by atomic mass is 10.1. The number of nitrogens with zero attached hydrogens (tertiary/aromatic N) is 2. The van der Waals surface area contributed by atoms with E-state index >= 15 is 0 Å². The van der Waals surface area contributed by atoms with E-state index in [4.69, 9.17) is 4.74 Å². The highest BCUT2D eigenvalue weighted by molar-refractivity contribution is 7.88. The van der Waals surface area contributed by atoms with Crippen molar-refractivity contribution in [2.24, 2.45) is 0 Å². The molecule has 1 fully saturated rings. The van der Waals surface area contributed by atoms with Crippen molar-refractivity contribution in [2.45, 2.75) is 20.5 Å². The van der Waals surface area contributed by atoms with Gasteiger partial charge >= 0.3 is 0 Å². The molecule has 1 aliphatic heterocycles. The number of aryl methyl sites for hydroxylation is 1. The summed E-state index contributed by atoms with van der Waals surface area (Å²) in [6.45, 7) is 5.94. The van der Waals surface area contributed by atoms with Gasteiger partial charge in [-0.15, -0.1) is 0 Å². The molecule has 0 spiro atoms. The largest absolute Gasteiger partial charge is 0.489 e. The summed E-state index contributed by atoms with van der Waals surface area (Å²) in [6, 6.07) is 13.6. The van der Waals surface area contributed by atoms with E-state index in [1.807, 2.05) is 49.4 Å². The number of hydrogen-bond acceptors (Lipinski definition) is 5. The molecular formula is C21H27N3O4S. The number of hydrogen-bond donors (Lipinski definition) is 1. The van der Waals surface area contributed by atoms with E-state index in [-0.39, 0.29) is 5.91 Å². The lowest BCUT2D eigenvalue weighted by molar-refractivity contribution is -0.114. The Morgan fingerprint density at radius 2 is 1.72 bits per heavy atom. The van der Waals surface area contributed by atoms with Crippen LogP contribution in [0.2, 0.25) is 0 Å². The molecule has 0 bridgehead atoms. The summed E-state index contributed by atoms with van der Waals surface area (Å²) in [5.41, 5.74) is 3.79. The predicted octanol–water partition coefficient (Wildman–Crippen LogP) is 2.61. The van der Waals surface area contributed by atoms with Crippen LogP contribution in [0.5, 0.6) is 5.75 Å². The summed E-state index contributed by atoms with van der Waals surface area (Å²) in [7, 11) is -3.18. The van der Waals surface area contributed by atoms with E-state index in [1.54, 1.807) is 0 Å². The van der Waals surface area contributed by atoms with Crippen molar-refractivity contribution in [1.29, 1.82) is 0 Å². The van der Waals surface area contributed by atoms with Crippen LogP contribution in [0.4, 0.5) is 11.4 Å². The minimum absolute atomic E-state index is 0.134. The predicted molar refractivity (Wildman–Crippen MR) is 115 cm³/mol. The molecule has 1 saturated heterocycles. The maximum Gasteiger partial charge on any atom is 0.221 e. The maximum atomic E-state index is 11.8. The average molecular weight is 418 g/mol. The number of piperazine rings is 1. The molecule has 0 radical (unpaired) electrons. The van der Waals surface area contributed by atoms with Gasteiger partial charge in [-0.3, -0.25) is 4.79 Å². The normalized spacial score (nSPS) is 15.2. The Labute approximate surface area is 172 Å². The minimum atomic E-state index is -3.18. The van der Waals surface area contributed by atoms with Gasteiger partial charge in [-0.05, 0) is 37.3 Å². The van der Waals surface area contributed by atoms with E-state index in [0.29, 0.717) is 38.5 Å². The molecule has 0 aliphatic carbocycles. The van der Waals surface area contributed by atoms with Crippen LogP contribution in [-0.2, 0) is 21.4 Å². The Kier molecular flexibility index (Phi) is 6.44. The van der Waals surface area contributed by atoms with Gasteiger partial charge in [0.1, 0.15) is 12.4 Å². The van der Waals surface area contributed by atoms with Crippen LogP contribution in [0.25, 0.3) is 0 Å². The van der Waals surface area contributed by atoms with Crippen molar-refractivity contribution < 1.29 is 17.9 Å². The molecule has 7 nitrogen and oxygen atoms in total. The van der Waals surface area contributed by atoms with E-state index in [9.17, 15) is 13.2 Å². The van der Waals surface area contributed by atoms with Crippen LogP contribution in [0, 0.1) is 6.92 Å². The van der Waals surface area contributed by atoms with Crippen molar-refractivity contribution in [3.63, 3.8) is 0 Å². The quantitative estimate of drug-likeness (QED) is 0.782. The molecule has 1 aliphatic rings. The standard InChI is InChI=1S/C21H27N3O4S/c1-16-4-7-20(8-5-16)28-15-18-14-19(22-17(2)25)6-9-21(18)23-10-12-24(13-11-23)29(3,26)27/h4-9,14H,10-13,15H2,1-3H3,(H,22,25). The molecule has 0 atom stereocenters. The number of ether oxygens (including phenoxy) is 1. The van der Waals surface area contributed by atoms with Crippen LogP contribution >= 0.6 is 0 Å². The first kappa shape index (κ1) is 21.1. The van der Waals surface area contributed by atoms with Crippen LogP contribution in [0.1, 0.15) is 18.1 Å². The number of carbonyl (C=O) groups is 1. The third-order valence-electron chi connectivity index (χ3n) is 4.86. The van der Waals surface area contributed by atoms with Crippen molar-refractivity contribution in [3.8, 4) is 5.75 Å². The molecular weight excluding hydrogens is 390 g/mol. The molecule has 2 aromatic carbocycles. The summed E-state index contributed by atoms with van der Waals surface area (Å²) in [4.78, 5) is 13.6. The second-order valence-corrected chi connectivity index (χ2v) is 9.26. The molecule has 156 valence electrons. The monoisotopic (exact) mass is 417 g/mol. The highest BCUT2D eigenvalue weighted by atomic mass is 32.2. The van der Waals surface area contributed by atoms with Gasteiger partial charge in [-0.2, -0.15) is 4.31 Å². The zero-order valence-electron chi connectivity index (χ0n) is 17.0. The van der Waals surface area contributed by atoms with Gasteiger partial charge in [0.25, 0.3) is 0 Å². The third kappa shape index (κ3) is 5.71. The van der Waals surface area contributed by atoms with Gasteiger partial charge in [0.05, 0.1) is 6.26 Å². The van der Waals surface area contributed by atoms with Gasteiger partial charge in [0.15, 0.2) is 0 Å². The molecule has 29 heavy (non-hydrogen) atoms. The molecule has 1 heterocycles. The summed E-state index contributed by atoms with van der Waals surface area (Å²) in [6.07, 6.45) is 1.24. The number of benzene rings is 2. The summed E-state index contributed by atoms with van der Waals surface area (Å²) < 4.78 is 31.0. The van der Waals surface area contributed by atoms with Crippen LogP contribution < -0.4 is 15.0 Å². The van der Waals surface area contributed by atoms with E-state index in [1.165, 1.54) is 17.5 Å². The number of anilines is 2. The zero-order chi connectivity index (χ0) is 21.0. The van der Waals surface area contributed by atoms with E-state index < -0.39 is 10.0 Å². The number of rotatable bonds is 6. The van der Waals surface area contributed by atoms with E-state index in [2.05, 4.69) is 10.2 Å². The number of nitrogens with one attached hydrogen (secondary N) is 1. The molecule has 3 rings (SSSR count). The molecule has 0 saturated carbocycles. The minimum Gasteiger partial charge on any atom is -0.489 e. The molecule has 0 unspecified atom stereocenters. The van der Waals surface area contributed by atoms with Crippen LogP contribution in [-0.4, -0.2) is 51.1 Å². The second-order valence-electron chi connectivity index (χ2n) is 7.28. The Balaban J connectivity index is 1.80. The van der Waals surface area contributed by atoms with Gasteiger partial charge < -0.3 is 15.0 Å². The first-order valence-corrected chi connectivity index (χ1v) is 11.4. The lowest BCUT2D eigenvalue weighted by Crippen LogP contribution is -2.48. The summed E-state index contributed by atoms with van der Waals surface area (Å²) in [5, 5.41) is 2.81. The van der Waals surface area contributed by atoms with Crippen LogP contribution in [0.3, 0.4) is 0 Å². The first-order valence-electron chi connectivity index (χ1n) is 9.52. The Morgan fingerprint density at radius 3 is 2.31 bits per heavy atom. The third-order valence-corrected chi connectivity index (χ3v) is 6.17. The van der Waals surface area contributed by atoms with Gasteiger partial charge in [-0.25, -0.2) is 8.42 Å². The number of carbonyl (C=O) groups excluding carboxylic acids is 1. The summed E-state index contributed by atoms with van der Waals surface area (Å²) >= 11 is 0. The van der Waals surface area contributed by atoms with Crippen molar-refractivity contribution in [1.82, 2.24) is 4.31 Å². The maximum absolute atomic E-state index is 11.8. The van der Waals surface area contributed by atoms with Crippen molar-refractivity contribution in [3.05, 3.63) is 53.6 Å². The molecule has 1 amide bonds. The smallest absolute Gasteiger partial charge is 0.221 e. The van der Waals surface area contributed by atoms with Gasteiger partial charge in [0, 0.05) is 50.0 Å². The van der Waals surface area contributed by atoms with Crippen molar-refractivity contribution in [2.75, 3.05) is 42.7 Å². The average Bonchev–Trinajstić information content (AvgIpc) is 2.67. The molecule has 1 N–H and O–H groups in total. The highest BCUT2D eigenvalue weighted by Gasteiger charge is 2.24. The fraction of sp³-hybridized carbons (Fsp3) is 0.381. The summed E-state index contributed by atoms with van der Waals surface area (Å²) in [5.74, 6) is 0.637. The molecule has 0 aromatic heterocycles. The van der Waals surface area contributed by atoms with Gasteiger partial charge in [0.2, 0.25) is 15.9 Å². The zero-order valence-corrected chi connectivity index (χ0v) is 17.8. The first-order chi connectivity index (χ1) is 13.7. The molecule has 8 heteroatoms. The molecule has 2 aromatic rings. The van der Waals surface area contributed by atoms with E-state index in [0.717, 1.165) is 22.6 Å². The highest BCUT2D eigenvalue weighted by Crippen LogP contribution is 2.27. The second kappa shape index (κ2) is 8.84. The van der Waals surface area contributed by atoms with Gasteiger partial charge in [-0.1, -0.05) is 17.7 Å². The Hall–Kier alpha value is -2.58. The van der Waals surface area contributed by atoms with Crippen LogP contribution in [0.15, 0.2) is 42.5 Å². The number of amides is 1. The SMILES string of the molecule is CC(=O)Nc1ccc(N2CCN(S(C)(=O)=O)CC2)c(COc2ccc(C)cc2)c1. The Morgan fingerprint density at radius 1 is 1.07 bits per heavy atom. The lowest BCUT2D eigenvalue weighted by Gasteiger charge is -2.35. The fourth-order valence-corrected chi connectivity index (χ4v) is 4.17. The Bertz CT molecular complexity index is 966. The van der Waals surface area contributed by atoms with Crippen molar-refractivity contribution >= 4 is 27.3 Å².